The summed E-state index contributed by atoms with van der Waals surface area (Å²) in [5.41, 5.74) is 0. The fourth-order valence-electron chi connectivity index (χ4n) is 8.39. The molecular weight excluding hydrogens is 856 g/mol. The Kier molecular flexibility index (Phi) is 47.0. The molecule has 0 aromatic carbocycles. The number of ether oxygens (including phenoxy) is 1. The van der Waals surface area contributed by atoms with Gasteiger partial charge in [0, 0.05) is 12.8 Å². The van der Waals surface area contributed by atoms with E-state index in [0.717, 1.165) is 83.5 Å². The van der Waals surface area contributed by atoms with Crippen molar-refractivity contribution in [3.8, 4) is 0 Å². The molecule has 3 atom stereocenters. The minimum Gasteiger partial charge on any atom is -0.756 e. The van der Waals surface area contributed by atoms with Crippen LogP contribution in [0.15, 0.2) is 24.3 Å². The van der Waals surface area contributed by atoms with Crippen molar-refractivity contribution < 1.29 is 37.3 Å². The van der Waals surface area contributed by atoms with Crippen molar-refractivity contribution in [2.45, 2.75) is 290 Å². The Hall–Kier alpha value is -1.51. The molecule has 0 saturated carbocycles. The number of quaternary nitrogens is 1. The van der Waals surface area contributed by atoms with Gasteiger partial charge in [-0.3, -0.25) is 14.2 Å². The second-order valence-electron chi connectivity index (χ2n) is 20.8. The zero-order valence-corrected chi connectivity index (χ0v) is 46.0. The lowest BCUT2D eigenvalue weighted by Crippen LogP contribution is -2.47. The van der Waals surface area contributed by atoms with E-state index in [9.17, 15) is 19.0 Å². The quantitative estimate of drug-likeness (QED) is 0.0212. The van der Waals surface area contributed by atoms with Crippen molar-refractivity contribution in [3.05, 3.63) is 24.3 Å². The summed E-state index contributed by atoms with van der Waals surface area (Å²) in [6.45, 7) is 6.81. The number of unbranched alkanes of at least 4 members (excludes halogenated alkanes) is 34. The molecule has 0 fully saturated rings. The summed E-state index contributed by atoms with van der Waals surface area (Å²) >= 11 is 0. The van der Waals surface area contributed by atoms with Crippen LogP contribution in [0.1, 0.15) is 278 Å². The molecule has 10 heteroatoms. The van der Waals surface area contributed by atoms with Crippen LogP contribution in [0.4, 0.5) is 0 Å². The third-order valence-electron chi connectivity index (χ3n) is 12.9. The van der Waals surface area contributed by atoms with Crippen LogP contribution in [0, 0.1) is 0 Å². The maximum atomic E-state index is 13.5. The summed E-state index contributed by atoms with van der Waals surface area (Å²) in [4.78, 5) is 39.7. The number of carbonyl (C=O) groups is 2. The lowest BCUT2D eigenvalue weighted by molar-refractivity contribution is -0.870. The third-order valence-corrected chi connectivity index (χ3v) is 13.8. The number of rotatable bonds is 52. The van der Waals surface area contributed by atoms with Gasteiger partial charge in [0.2, 0.25) is 5.91 Å². The average Bonchev–Trinajstić information content (AvgIpc) is 3.28. The first-order chi connectivity index (χ1) is 32.4. The van der Waals surface area contributed by atoms with Crippen LogP contribution in [0.3, 0.4) is 0 Å². The zero-order valence-electron chi connectivity index (χ0n) is 45.1. The number of nitrogens with zero attached hydrogens (tertiary/aromatic N) is 1. The topological polar surface area (TPSA) is 114 Å². The Balaban J connectivity index is 5.21. The number of likely N-dealkylation sites (N-methyl/N-ethyl adjacent to an activating group) is 1. The molecule has 9 nitrogen and oxygen atoms in total. The Morgan fingerprint density at radius 1 is 0.507 bits per heavy atom. The fourth-order valence-corrected chi connectivity index (χ4v) is 9.11. The van der Waals surface area contributed by atoms with Gasteiger partial charge in [0.15, 0.2) is 0 Å². The molecule has 0 heterocycles. The first kappa shape index (κ1) is 65.5. The second-order valence-corrected chi connectivity index (χ2v) is 22.2. The lowest BCUT2D eigenvalue weighted by atomic mass is 10.0. The van der Waals surface area contributed by atoms with Crippen LogP contribution in [-0.2, 0) is 27.9 Å². The predicted octanol–water partition coefficient (Wildman–Crippen LogP) is 16.4. The van der Waals surface area contributed by atoms with Crippen molar-refractivity contribution in [2.75, 3.05) is 40.9 Å². The number of amides is 1. The van der Waals surface area contributed by atoms with E-state index in [0.29, 0.717) is 17.4 Å². The summed E-state index contributed by atoms with van der Waals surface area (Å²) < 4.78 is 30.2. The minimum atomic E-state index is -4.69. The fraction of sp³-hybridized carbons (Fsp3) is 0.895. The number of nitrogens with one attached hydrogen (secondary N) is 1. The first-order valence-corrected chi connectivity index (χ1v) is 30.1. The van der Waals surface area contributed by atoms with Crippen LogP contribution in [0.2, 0.25) is 0 Å². The van der Waals surface area contributed by atoms with E-state index >= 15 is 0 Å². The first-order valence-electron chi connectivity index (χ1n) is 28.6. The molecule has 0 rings (SSSR count). The van der Waals surface area contributed by atoms with E-state index in [1.807, 2.05) is 33.3 Å². The number of allylic oxidation sites excluding steroid dienone is 3. The largest absolute Gasteiger partial charge is 0.756 e. The van der Waals surface area contributed by atoms with Gasteiger partial charge in [-0.1, -0.05) is 238 Å². The SMILES string of the molecule is CCCC/C=C\CCCCCCCC(=O)OC(/C=C/CCCCCCCCCCC)C(COP(=O)([O-])OCC[N+](C)(C)C)NC(=O)CCCCCCCCCCCCCCCCCCCCC. The molecule has 0 spiro atoms. The van der Waals surface area contributed by atoms with Crippen molar-refractivity contribution in [1.29, 1.82) is 0 Å². The van der Waals surface area contributed by atoms with Gasteiger partial charge >= 0.3 is 5.97 Å². The molecule has 0 aliphatic carbocycles. The van der Waals surface area contributed by atoms with Crippen molar-refractivity contribution in [1.82, 2.24) is 5.32 Å². The molecule has 1 N–H and O–H groups in total. The van der Waals surface area contributed by atoms with Crippen molar-refractivity contribution in [2.24, 2.45) is 0 Å². The smallest absolute Gasteiger partial charge is 0.306 e. The van der Waals surface area contributed by atoms with Gasteiger partial charge in [0.25, 0.3) is 7.82 Å². The van der Waals surface area contributed by atoms with Crippen LogP contribution >= 0.6 is 7.82 Å². The normalized spacial score (nSPS) is 14.0. The van der Waals surface area contributed by atoms with E-state index in [2.05, 4.69) is 38.2 Å². The van der Waals surface area contributed by atoms with Gasteiger partial charge in [0.1, 0.15) is 19.3 Å². The highest BCUT2D eigenvalue weighted by molar-refractivity contribution is 7.45. The Labute approximate surface area is 415 Å². The van der Waals surface area contributed by atoms with Crippen molar-refractivity contribution >= 4 is 19.7 Å². The number of phosphoric acid groups is 1. The molecule has 0 aromatic rings. The maximum Gasteiger partial charge on any atom is 0.306 e. The summed E-state index contributed by atoms with van der Waals surface area (Å²) in [6, 6.07) is -0.884. The Morgan fingerprint density at radius 3 is 1.31 bits per heavy atom. The van der Waals surface area contributed by atoms with Crippen LogP contribution in [0.25, 0.3) is 0 Å². The van der Waals surface area contributed by atoms with E-state index in [1.54, 1.807) is 0 Å². The van der Waals surface area contributed by atoms with Gasteiger partial charge in [-0.15, -0.1) is 0 Å². The van der Waals surface area contributed by atoms with E-state index in [1.165, 1.54) is 161 Å². The molecule has 0 saturated heterocycles. The standard InChI is InChI=1S/C57H111N2O7P/c1-7-10-13-16-19-22-25-26-27-28-29-30-31-32-35-37-40-43-46-49-56(60)58-54(53-65-67(62,63)64-52-51-59(4,5)6)55(48-45-42-39-36-33-23-20-17-14-11-8-2)66-57(61)50-47-44-41-38-34-24-21-18-15-12-9-3/h18,21,45,48,54-55H,7-17,19-20,22-44,46-47,49-53H2,1-6H3,(H-,58,60,62,63)/b21-18-,48-45+. The molecule has 396 valence electrons. The summed E-state index contributed by atoms with van der Waals surface area (Å²) in [5.74, 6) is -0.542. The maximum absolute atomic E-state index is 13.5. The highest BCUT2D eigenvalue weighted by atomic mass is 31.2. The number of hydrogen-bond acceptors (Lipinski definition) is 7. The Bertz CT molecular complexity index is 1210. The predicted molar refractivity (Wildman–Crippen MR) is 284 cm³/mol. The van der Waals surface area contributed by atoms with Crippen LogP contribution in [0.5, 0.6) is 0 Å². The van der Waals surface area contributed by atoms with Crippen molar-refractivity contribution in [3.63, 3.8) is 0 Å². The minimum absolute atomic E-state index is 0.0204. The highest BCUT2D eigenvalue weighted by Gasteiger charge is 2.27. The van der Waals surface area contributed by atoms with E-state index in [-0.39, 0.29) is 31.5 Å². The molecule has 0 aromatic heterocycles. The molecule has 67 heavy (non-hydrogen) atoms. The molecular formula is C57H111N2O7P. The Morgan fingerprint density at radius 2 is 0.881 bits per heavy atom. The summed E-state index contributed by atoms with van der Waals surface area (Å²) in [5, 5.41) is 3.02. The molecule has 3 unspecified atom stereocenters. The number of phosphoric ester groups is 1. The van der Waals surface area contributed by atoms with Gasteiger partial charge < -0.3 is 28.5 Å². The number of esters is 1. The van der Waals surface area contributed by atoms with Crippen LogP contribution in [-0.4, -0.2) is 69.4 Å². The van der Waals surface area contributed by atoms with Gasteiger partial charge in [-0.05, 0) is 51.0 Å². The highest BCUT2D eigenvalue weighted by Crippen LogP contribution is 2.38. The van der Waals surface area contributed by atoms with Gasteiger partial charge in [-0.25, -0.2) is 0 Å². The third kappa shape index (κ3) is 49.3. The zero-order chi connectivity index (χ0) is 49.4. The van der Waals surface area contributed by atoms with E-state index in [4.69, 9.17) is 13.8 Å². The average molecular weight is 967 g/mol. The second kappa shape index (κ2) is 48.1. The summed E-state index contributed by atoms with van der Waals surface area (Å²) in [6.07, 6.45) is 54.3. The van der Waals surface area contributed by atoms with Gasteiger partial charge in [0.05, 0.1) is 33.8 Å². The number of carbonyl (C=O) groups excluding carboxylic acids is 2. The number of hydrogen-bond donors (Lipinski definition) is 1. The van der Waals surface area contributed by atoms with Crippen LogP contribution < -0.4 is 10.2 Å². The monoisotopic (exact) mass is 967 g/mol. The van der Waals surface area contributed by atoms with E-state index < -0.39 is 20.0 Å². The molecule has 0 aliphatic rings. The molecule has 1 amide bonds. The molecule has 0 aliphatic heterocycles. The summed E-state index contributed by atoms with van der Waals surface area (Å²) in [7, 11) is 1.19. The molecule has 0 bridgehead atoms. The lowest BCUT2D eigenvalue weighted by Gasteiger charge is -2.30. The van der Waals surface area contributed by atoms with Gasteiger partial charge in [-0.2, -0.15) is 0 Å². The molecule has 0 radical (unpaired) electrons.